The van der Waals surface area contributed by atoms with Crippen molar-refractivity contribution >= 4 is 11.7 Å². The number of ether oxygens (including phenoxy) is 2. The van der Waals surface area contributed by atoms with Crippen LogP contribution in [-0.4, -0.2) is 43.9 Å². The number of Topliss-reactive ketones (excluding diaryl/α,β-unsaturated/α-hetero) is 1. The number of aryl methyl sites for hydroxylation is 1. The number of rotatable bonds is 7. The maximum absolute atomic E-state index is 12.6. The Hall–Kier alpha value is -2.82. The van der Waals surface area contributed by atoms with Crippen LogP contribution in [-0.2, 0) is 11.2 Å². The summed E-state index contributed by atoms with van der Waals surface area (Å²) in [5.74, 6) is 1.70. The van der Waals surface area contributed by atoms with Crippen molar-refractivity contribution in [3.63, 3.8) is 0 Å². The number of benzene rings is 2. The van der Waals surface area contributed by atoms with Gasteiger partial charge in [0.05, 0.1) is 14.2 Å². The molecular formula is C23H27NO4. The molecule has 1 amide bonds. The summed E-state index contributed by atoms with van der Waals surface area (Å²) in [5.41, 5.74) is 1.81. The van der Waals surface area contributed by atoms with Gasteiger partial charge in [0.25, 0.3) is 0 Å². The van der Waals surface area contributed by atoms with Gasteiger partial charge in [0.2, 0.25) is 5.91 Å². The van der Waals surface area contributed by atoms with Gasteiger partial charge in [-0.1, -0.05) is 36.4 Å². The summed E-state index contributed by atoms with van der Waals surface area (Å²) < 4.78 is 10.6. The lowest BCUT2D eigenvalue weighted by Crippen LogP contribution is -2.40. The van der Waals surface area contributed by atoms with Gasteiger partial charge in [-0.05, 0) is 37.0 Å². The highest BCUT2D eigenvalue weighted by Crippen LogP contribution is 2.28. The molecule has 2 aromatic carbocycles. The van der Waals surface area contributed by atoms with Crippen molar-refractivity contribution in [2.75, 3.05) is 27.3 Å². The van der Waals surface area contributed by atoms with E-state index in [1.807, 2.05) is 53.4 Å². The third-order valence-corrected chi connectivity index (χ3v) is 5.35. The first-order valence-corrected chi connectivity index (χ1v) is 9.70. The molecule has 0 aromatic heterocycles. The van der Waals surface area contributed by atoms with Crippen molar-refractivity contribution in [2.45, 2.75) is 25.7 Å². The first kappa shape index (κ1) is 19.9. The second-order valence-electron chi connectivity index (χ2n) is 7.07. The first-order valence-electron chi connectivity index (χ1n) is 9.70. The summed E-state index contributed by atoms with van der Waals surface area (Å²) in [6.07, 6.45) is 2.57. The fourth-order valence-corrected chi connectivity index (χ4v) is 3.67. The van der Waals surface area contributed by atoms with Crippen LogP contribution in [0.3, 0.4) is 0 Å². The highest BCUT2D eigenvalue weighted by molar-refractivity contribution is 5.98. The van der Waals surface area contributed by atoms with Crippen LogP contribution in [0.5, 0.6) is 11.5 Å². The fraction of sp³-hybridized carbons (Fsp3) is 0.391. The molecule has 0 unspecified atom stereocenters. The van der Waals surface area contributed by atoms with E-state index >= 15 is 0 Å². The molecule has 1 saturated heterocycles. The summed E-state index contributed by atoms with van der Waals surface area (Å²) in [6.45, 7) is 1.29. The zero-order chi connectivity index (χ0) is 19.9. The zero-order valence-electron chi connectivity index (χ0n) is 16.5. The Kier molecular flexibility index (Phi) is 6.69. The molecule has 5 heteroatoms. The smallest absolute Gasteiger partial charge is 0.222 e. The van der Waals surface area contributed by atoms with E-state index in [0.717, 1.165) is 24.0 Å². The number of methoxy groups -OCH3 is 2. The van der Waals surface area contributed by atoms with Crippen molar-refractivity contribution < 1.29 is 19.1 Å². The lowest BCUT2D eigenvalue weighted by molar-refractivity contribution is -0.132. The number of likely N-dealkylation sites (tertiary alicyclic amines) is 1. The lowest BCUT2D eigenvalue weighted by atomic mass is 9.89. The van der Waals surface area contributed by atoms with E-state index in [-0.39, 0.29) is 17.6 Å². The molecule has 28 heavy (non-hydrogen) atoms. The maximum Gasteiger partial charge on any atom is 0.222 e. The molecule has 0 N–H and O–H groups in total. The van der Waals surface area contributed by atoms with Crippen LogP contribution >= 0.6 is 0 Å². The third-order valence-electron chi connectivity index (χ3n) is 5.35. The van der Waals surface area contributed by atoms with Crippen molar-refractivity contribution in [1.82, 2.24) is 4.90 Å². The molecular weight excluding hydrogens is 354 g/mol. The van der Waals surface area contributed by atoms with Gasteiger partial charge in [0, 0.05) is 31.0 Å². The van der Waals surface area contributed by atoms with Gasteiger partial charge in [-0.15, -0.1) is 0 Å². The Morgan fingerprint density at radius 3 is 2.29 bits per heavy atom. The Morgan fingerprint density at radius 2 is 1.64 bits per heavy atom. The van der Waals surface area contributed by atoms with Gasteiger partial charge >= 0.3 is 0 Å². The number of hydrogen-bond donors (Lipinski definition) is 0. The number of ketones is 1. The van der Waals surface area contributed by atoms with Crippen LogP contribution in [0.2, 0.25) is 0 Å². The molecule has 2 aromatic rings. The van der Waals surface area contributed by atoms with Crippen molar-refractivity contribution in [1.29, 1.82) is 0 Å². The fourth-order valence-electron chi connectivity index (χ4n) is 3.67. The van der Waals surface area contributed by atoms with Gasteiger partial charge in [0.15, 0.2) is 17.3 Å². The third kappa shape index (κ3) is 4.71. The maximum atomic E-state index is 12.6. The Balaban J connectivity index is 1.50. The minimum absolute atomic E-state index is 0.0114. The van der Waals surface area contributed by atoms with Crippen molar-refractivity contribution in [2.24, 2.45) is 5.92 Å². The van der Waals surface area contributed by atoms with Gasteiger partial charge in [-0.3, -0.25) is 9.59 Å². The van der Waals surface area contributed by atoms with Crippen LogP contribution < -0.4 is 9.47 Å². The molecule has 1 fully saturated rings. The molecule has 5 nitrogen and oxygen atoms in total. The van der Waals surface area contributed by atoms with Gasteiger partial charge in [-0.2, -0.15) is 0 Å². The first-order chi connectivity index (χ1) is 13.6. The summed E-state index contributed by atoms with van der Waals surface area (Å²) in [6, 6.07) is 15.2. The van der Waals surface area contributed by atoms with Gasteiger partial charge in [-0.25, -0.2) is 0 Å². The molecule has 0 atom stereocenters. The molecule has 0 bridgehead atoms. The second-order valence-corrected chi connectivity index (χ2v) is 7.07. The standard InChI is InChI=1S/C23H27NO4/c1-27-20-10-8-17(16-21(20)28-2)9-11-22(25)24-14-12-19(13-15-24)23(26)18-6-4-3-5-7-18/h3-8,10,16,19H,9,11-15H2,1-2H3. The molecule has 1 aliphatic rings. The molecule has 1 heterocycles. The molecule has 0 saturated carbocycles. The summed E-state index contributed by atoms with van der Waals surface area (Å²) in [5, 5.41) is 0. The normalized spacial score (nSPS) is 14.6. The number of carbonyl (C=O) groups excluding carboxylic acids is 2. The van der Waals surface area contributed by atoms with Crippen molar-refractivity contribution in [3.8, 4) is 11.5 Å². The van der Waals surface area contributed by atoms with E-state index in [4.69, 9.17) is 9.47 Å². The molecule has 148 valence electrons. The zero-order valence-corrected chi connectivity index (χ0v) is 16.5. The molecule has 0 radical (unpaired) electrons. The average molecular weight is 381 g/mol. The minimum Gasteiger partial charge on any atom is -0.493 e. The largest absolute Gasteiger partial charge is 0.493 e. The Bertz CT molecular complexity index is 811. The monoisotopic (exact) mass is 381 g/mol. The predicted octanol–water partition coefficient (Wildman–Crippen LogP) is 3.76. The van der Waals surface area contributed by atoms with Crippen molar-refractivity contribution in [3.05, 3.63) is 59.7 Å². The molecule has 1 aliphatic heterocycles. The number of carbonyl (C=O) groups is 2. The molecule has 3 rings (SSSR count). The summed E-state index contributed by atoms with van der Waals surface area (Å²) >= 11 is 0. The Labute approximate surface area is 166 Å². The van der Waals surface area contributed by atoms with E-state index < -0.39 is 0 Å². The second kappa shape index (κ2) is 9.40. The number of hydrogen-bond acceptors (Lipinski definition) is 4. The van der Waals surface area contributed by atoms with Crippen LogP contribution in [0.4, 0.5) is 0 Å². The Morgan fingerprint density at radius 1 is 0.964 bits per heavy atom. The molecule has 0 aliphatic carbocycles. The van der Waals surface area contributed by atoms with Gasteiger partial charge in [0.1, 0.15) is 0 Å². The quantitative estimate of drug-likeness (QED) is 0.686. The average Bonchev–Trinajstić information content (AvgIpc) is 2.77. The lowest BCUT2D eigenvalue weighted by Gasteiger charge is -2.31. The van der Waals surface area contributed by atoms with Gasteiger partial charge < -0.3 is 14.4 Å². The molecule has 0 spiro atoms. The van der Waals surface area contributed by atoms with E-state index in [1.54, 1.807) is 14.2 Å². The predicted molar refractivity (Wildman–Crippen MR) is 108 cm³/mol. The SMILES string of the molecule is COc1ccc(CCC(=O)N2CCC(C(=O)c3ccccc3)CC2)cc1OC. The van der Waals surface area contributed by atoms with E-state index in [1.165, 1.54) is 0 Å². The van der Waals surface area contributed by atoms with E-state index in [0.29, 0.717) is 37.4 Å². The van der Waals surface area contributed by atoms with E-state index in [9.17, 15) is 9.59 Å². The number of piperidine rings is 1. The highest BCUT2D eigenvalue weighted by atomic mass is 16.5. The number of nitrogens with zero attached hydrogens (tertiary/aromatic N) is 1. The highest BCUT2D eigenvalue weighted by Gasteiger charge is 2.27. The van der Waals surface area contributed by atoms with Crippen LogP contribution in [0.15, 0.2) is 48.5 Å². The minimum atomic E-state index is 0.0114. The summed E-state index contributed by atoms with van der Waals surface area (Å²) in [7, 11) is 3.21. The number of amides is 1. The van der Waals surface area contributed by atoms with E-state index in [2.05, 4.69) is 0 Å². The van der Waals surface area contributed by atoms with Crippen LogP contribution in [0, 0.1) is 5.92 Å². The van der Waals surface area contributed by atoms with Crippen LogP contribution in [0.1, 0.15) is 35.2 Å². The summed E-state index contributed by atoms with van der Waals surface area (Å²) in [4.78, 5) is 27.0. The van der Waals surface area contributed by atoms with Crippen LogP contribution in [0.25, 0.3) is 0 Å². The topological polar surface area (TPSA) is 55.8 Å².